The molecule has 1 aliphatic carbocycles. The first-order valence-corrected chi connectivity index (χ1v) is 14.9. The van der Waals surface area contributed by atoms with Crippen LogP contribution in [-0.2, 0) is 4.79 Å². The van der Waals surface area contributed by atoms with Gasteiger partial charge in [-0.2, -0.15) is 0 Å². The van der Waals surface area contributed by atoms with E-state index >= 15 is 0 Å². The molecule has 3 aromatic carbocycles. The molecule has 3 aliphatic rings. The number of piperidine rings is 1. The fourth-order valence-corrected chi connectivity index (χ4v) is 7.58. The number of nitrogens with zero attached hydrogens (tertiary/aromatic N) is 2. The van der Waals surface area contributed by atoms with Crippen molar-refractivity contribution in [1.82, 2.24) is 9.80 Å². The standard InChI is InChI=1S/C35H42N2O/c38-35(33-19-11-10-18-32(33)29-14-6-2-7-15-29)37-25-31(34(26-37)30-16-8-3-9-17-30)24-36-22-20-28(21-23-36)27-12-4-1-5-13-27/h1-9,12-17,28,31-34H,10-11,18-26H2/t31?,32-,33-,34?/m0/s1. The minimum absolute atomic E-state index is 0.128. The number of likely N-dealkylation sites (tertiary alicyclic amines) is 2. The molecule has 198 valence electrons. The molecule has 0 bridgehead atoms. The van der Waals surface area contributed by atoms with Crippen LogP contribution in [-0.4, -0.2) is 48.4 Å². The van der Waals surface area contributed by atoms with E-state index < -0.39 is 0 Å². The van der Waals surface area contributed by atoms with Crippen LogP contribution in [0.15, 0.2) is 91.0 Å². The molecule has 2 aliphatic heterocycles. The summed E-state index contributed by atoms with van der Waals surface area (Å²) in [6.07, 6.45) is 7.04. The van der Waals surface area contributed by atoms with Gasteiger partial charge in [-0.05, 0) is 73.2 Å². The predicted octanol–water partition coefficient (Wildman–Crippen LogP) is 7.08. The van der Waals surface area contributed by atoms with Gasteiger partial charge in [-0.3, -0.25) is 4.79 Å². The van der Waals surface area contributed by atoms with Crippen molar-refractivity contribution in [1.29, 1.82) is 0 Å². The summed E-state index contributed by atoms with van der Waals surface area (Å²) in [4.78, 5) is 19.0. The van der Waals surface area contributed by atoms with E-state index in [0.29, 0.717) is 29.6 Å². The number of carbonyl (C=O) groups is 1. The zero-order chi connectivity index (χ0) is 25.7. The minimum Gasteiger partial charge on any atom is -0.341 e. The predicted molar refractivity (Wildman–Crippen MR) is 155 cm³/mol. The molecule has 0 N–H and O–H groups in total. The number of carbonyl (C=O) groups excluding carboxylic acids is 1. The van der Waals surface area contributed by atoms with Crippen molar-refractivity contribution in [3.63, 3.8) is 0 Å². The summed E-state index contributed by atoms with van der Waals surface area (Å²) in [6.45, 7) is 5.17. The molecule has 2 saturated heterocycles. The van der Waals surface area contributed by atoms with Gasteiger partial charge in [0.2, 0.25) is 5.91 Å². The Hall–Kier alpha value is -2.91. The normalized spacial score (nSPS) is 26.9. The van der Waals surface area contributed by atoms with Crippen molar-refractivity contribution >= 4 is 5.91 Å². The van der Waals surface area contributed by atoms with Crippen LogP contribution in [0.4, 0.5) is 0 Å². The third-order valence-corrected chi connectivity index (χ3v) is 9.64. The molecule has 3 heteroatoms. The number of benzene rings is 3. The number of hydrogen-bond acceptors (Lipinski definition) is 2. The van der Waals surface area contributed by atoms with Crippen LogP contribution in [0.25, 0.3) is 0 Å². The minimum atomic E-state index is 0.128. The molecule has 38 heavy (non-hydrogen) atoms. The summed E-state index contributed by atoms with van der Waals surface area (Å²) >= 11 is 0. The molecular formula is C35H42N2O. The molecule has 3 aromatic rings. The third kappa shape index (κ3) is 5.59. The van der Waals surface area contributed by atoms with Crippen LogP contribution in [0.5, 0.6) is 0 Å². The van der Waals surface area contributed by atoms with Crippen LogP contribution in [0, 0.1) is 11.8 Å². The Bertz CT molecular complexity index is 1160. The summed E-state index contributed by atoms with van der Waals surface area (Å²) in [7, 11) is 0. The quantitative estimate of drug-likeness (QED) is 0.357. The van der Waals surface area contributed by atoms with Gasteiger partial charge in [0.05, 0.1) is 0 Å². The molecule has 0 spiro atoms. The zero-order valence-corrected chi connectivity index (χ0v) is 22.6. The fourth-order valence-electron chi connectivity index (χ4n) is 7.58. The first-order chi connectivity index (χ1) is 18.8. The maximum atomic E-state index is 14.1. The van der Waals surface area contributed by atoms with E-state index in [1.807, 2.05) is 0 Å². The molecule has 4 atom stereocenters. The van der Waals surface area contributed by atoms with Gasteiger partial charge in [-0.1, -0.05) is 104 Å². The highest BCUT2D eigenvalue weighted by Crippen LogP contribution is 2.41. The van der Waals surface area contributed by atoms with E-state index in [9.17, 15) is 4.79 Å². The zero-order valence-electron chi connectivity index (χ0n) is 22.6. The summed E-state index contributed by atoms with van der Waals surface area (Å²) in [6, 6.07) is 32.8. The van der Waals surface area contributed by atoms with E-state index in [1.54, 1.807) is 0 Å². The second-order valence-electron chi connectivity index (χ2n) is 11.9. The lowest BCUT2D eigenvalue weighted by atomic mass is 9.75. The molecule has 6 rings (SSSR count). The summed E-state index contributed by atoms with van der Waals surface area (Å²) in [5.74, 6) is 2.50. The average molecular weight is 507 g/mol. The van der Waals surface area contributed by atoms with E-state index in [4.69, 9.17) is 0 Å². The Balaban J connectivity index is 1.15. The Kier molecular flexibility index (Phi) is 7.92. The molecule has 2 heterocycles. The lowest BCUT2D eigenvalue weighted by molar-refractivity contribution is -0.136. The van der Waals surface area contributed by atoms with Crippen molar-refractivity contribution in [2.24, 2.45) is 11.8 Å². The van der Waals surface area contributed by atoms with Gasteiger partial charge < -0.3 is 9.80 Å². The Morgan fingerprint density at radius 2 is 1.18 bits per heavy atom. The monoisotopic (exact) mass is 506 g/mol. The van der Waals surface area contributed by atoms with Gasteiger partial charge in [-0.15, -0.1) is 0 Å². The first kappa shape index (κ1) is 25.4. The summed E-state index contributed by atoms with van der Waals surface area (Å²) in [5, 5.41) is 0. The van der Waals surface area contributed by atoms with Crippen molar-refractivity contribution < 1.29 is 4.79 Å². The lowest BCUT2D eigenvalue weighted by Gasteiger charge is -2.35. The number of hydrogen-bond donors (Lipinski definition) is 0. The Morgan fingerprint density at radius 1 is 0.632 bits per heavy atom. The van der Waals surface area contributed by atoms with Crippen molar-refractivity contribution in [3.8, 4) is 0 Å². The van der Waals surface area contributed by atoms with Crippen LogP contribution in [0.2, 0.25) is 0 Å². The molecule has 1 saturated carbocycles. The van der Waals surface area contributed by atoms with Gasteiger partial charge in [0, 0.05) is 31.5 Å². The highest BCUT2D eigenvalue weighted by Gasteiger charge is 2.41. The maximum Gasteiger partial charge on any atom is 0.226 e. The van der Waals surface area contributed by atoms with Gasteiger partial charge in [0.15, 0.2) is 0 Å². The van der Waals surface area contributed by atoms with E-state index in [0.717, 1.165) is 45.6 Å². The Labute approximate surface area is 228 Å². The highest BCUT2D eigenvalue weighted by molar-refractivity contribution is 5.80. The molecule has 3 fully saturated rings. The first-order valence-electron chi connectivity index (χ1n) is 14.9. The maximum absolute atomic E-state index is 14.1. The molecule has 1 amide bonds. The summed E-state index contributed by atoms with van der Waals surface area (Å²) in [5.41, 5.74) is 4.24. The van der Waals surface area contributed by atoms with Crippen LogP contribution >= 0.6 is 0 Å². The van der Waals surface area contributed by atoms with Crippen molar-refractivity contribution in [2.45, 2.75) is 56.3 Å². The average Bonchev–Trinajstić information content (AvgIpc) is 3.42. The van der Waals surface area contributed by atoms with E-state index in [-0.39, 0.29) is 5.92 Å². The van der Waals surface area contributed by atoms with Gasteiger partial charge in [0.25, 0.3) is 0 Å². The molecule has 0 aromatic heterocycles. The van der Waals surface area contributed by atoms with Crippen LogP contribution < -0.4 is 0 Å². The van der Waals surface area contributed by atoms with Gasteiger partial charge in [-0.25, -0.2) is 0 Å². The van der Waals surface area contributed by atoms with Gasteiger partial charge in [0.1, 0.15) is 0 Å². The van der Waals surface area contributed by atoms with E-state index in [2.05, 4.69) is 101 Å². The summed E-state index contributed by atoms with van der Waals surface area (Å²) < 4.78 is 0. The topological polar surface area (TPSA) is 23.6 Å². The lowest BCUT2D eigenvalue weighted by Crippen LogP contribution is -2.40. The van der Waals surface area contributed by atoms with Gasteiger partial charge >= 0.3 is 0 Å². The SMILES string of the molecule is O=C([C@H]1CCCC[C@H]1c1ccccc1)N1CC(CN2CCC(c3ccccc3)CC2)C(c2ccccc2)C1. The highest BCUT2D eigenvalue weighted by atomic mass is 16.2. The Morgan fingerprint density at radius 3 is 1.82 bits per heavy atom. The van der Waals surface area contributed by atoms with Crippen LogP contribution in [0.3, 0.4) is 0 Å². The molecule has 3 nitrogen and oxygen atoms in total. The molecular weight excluding hydrogens is 464 g/mol. The van der Waals surface area contributed by atoms with E-state index in [1.165, 1.54) is 42.4 Å². The number of amides is 1. The second-order valence-corrected chi connectivity index (χ2v) is 11.9. The molecule has 2 unspecified atom stereocenters. The fraction of sp³-hybridized carbons (Fsp3) is 0.457. The smallest absolute Gasteiger partial charge is 0.226 e. The van der Waals surface area contributed by atoms with Crippen molar-refractivity contribution in [3.05, 3.63) is 108 Å². The van der Waals surface area contributed by atoms with Crippen molar-refractivity contribution in [2.75, 3.05) is 32.7 Å². The van der Waals surface area contributed by atoms with Crippen LogP contribution in [0.1, 0.15) is 73.0 Å². The second kappa shape index (κ2) is 11.9. The molecule has 0 radical (unpaired) electrons. The third-order valence-electron chi connectivity index (χ3n) is 9.64. The number of rotatable bonds is 6. The largest absolute Gasteiger partial charge is 0.341 e.